The Morgan fingerprint density at radius 1 is 0.583 bits per heavy atom. The van der Waals surface area contributed by atoms with E-state index in [1.54, 1.807) is 48.5 Å². The zero-order chi connectivity index (χ0) is 34.3. The molecule has 0 amide bonds. The fourth-order valence-corrected chi connectivity index (χ4v) is 7.69. The number of aryl methyl sites for hydroxylation is 2. The van der Waals surface area contributed by atoms with Gasteiger partial charge >= 0.3 is 20.2 Å². The van der Waals surface area contributed by atoms with Crippen LogP contribution in [0.1, 0.15) is 47.9 Å². The van der Waals surface area contributed by atoms with E-state index in [9.17, 15) is 16.8 Å². The van der Waals surface area contributed by atoms with Crippen LogP contribution < -0.4 is 28.5 Å². The van der Waals surface area contributed by atoms with Crippen molar-refractivity contribution in [3.63, 3.8) is 0 Å². The molecule has 2 unspecified atom stereocenters. The van der Waals surface area contributed by atoms with Crippen molar-refractivity contribution in [1.82, 2.24) is 10.6 Å². The van der Waals surface area contributed by atoms with E-state index in [0.29, 0.717) is 35.7 Å². The molecule has 1 saturated carbocycles. The number of benzene rings is 4. The molecule has 48 heavy (non-hydrogen) atoms. The third kappa shape index (κ3) is 8.48. The Morgan fingerprint density at radius 3 is 1.31 bits per heavy atom. The number of ether oxygens (including phenoxy) is 2. The minimum atomic E-state index is -4.11. The van der Waals surface area contributed by atoms with E-state index in [1.807, 2.05) is 26.0 Å². The Balaban J connectivity index is 1.31. The van der Waals surface area contributed by atoms with Gasteiger partial charge in [0.2, 0.25) is 0 Å². The first-order chi connectivity index (χ1) is 23.0. The number of para-hydroxylation sites is 2. The maximum Gasteiger partial charge on any atom is 0.339 e. The van der Waals surface area contributed by atoms with Gasteiger partial charge in [0.05, 0.1) is 14.2 Å². The summed E-state index contributed by atoms with van der Waals surface area (Å²) in [5, 5.41) is 7.21. The average molecular weight is 695 g/mol. The zero-order valence-corrected chi connectivity index (χ0v) is 29.2. The van der Waals surface area contributed by atoms with E-state index in [4.69, 9.17) is 17.8 Å². The van der Waals surface area contributed by atoms with E-state index in [1.165, 1.54) is 38.5 Å². The highest BCUT2D eigenvalue weighted by molar-refractivity contribution is 7.87. The highest BCUT2D eigenvalue weighted by Crippen LogP contribution is 2.36. The first kappa shape index (κ1) is 35.2. The molecule has 12 heteroatoms. The molecule has 4 aromatic rings. The lowest BCUT2D eigenvalue weighted by Crippen LogP contribution is -2.49. The van der Waals surface area contributed by atoms with Gasteiger partial charge in [0.15, 0.2) is 23.0 Å². The highest BCUT2D eigenvalue weighted by Gasteiger charge is 2.28. The fraction of sp³-hybridized carbons (Fsp3) is 0.333. The number of hydrogen-bond acceptors (Lipinski definition) is 10. The molecule has 0 spiro atoms. The van der Waals surface area contributed by atoms with Gasteiger partial charge in [0, 0.05) is 36.3 Å². The molecule has 0 aliphatic heterocycles. The number of rotatable bonds is 14. The van der Waals surface area contributed by atoms with Gasteiger partial charge in [-0.2, -0.15) is 16.8 Å². The van der Waals surface area contributed by atoms with Gasteiger partial charge in [-0.25, -0.2) is 0 Å². The summed E-state index contributed by atoms with van der Waals surface area (Å²) in [7, 11) is -5.26. The third-order valence-electron chi connectivity index (χ3n) is 8.44. The normalized spacial score (nSPS) is 16.7. The SMILES string of the molecule is COc1cccc(CNC2CCCCC2NCc2cccc(OC)c2OS(=O)(=O)c2ccc(C)cc2)c1OS(=O)(=O)c1ccc(C)cc1. The predicted octanol–water partition coefficient (Wildman–Crippen LogP) is 6.05. The molecule has 5 rings (SSSR count). The molecule has 256 valence electrons. The molecule has 10 nitrogen and oxygen atoms in total. The summed E-state index contributed by atoms with van der Waals surface area (Å²) < 4.78 is 75.1. The molecular formula is C36H42N2O8S2. The molecule has 4 aromatic carbocycles. The molecule has 1 fully saturated rings. The lowest BCUT2D eigenvalue weighted by Gasteiger charge is -2.33. The lowest BCUT2D eigenvalue weighted by atomic mass is 9.90. The second-order valence-corrected chi connectivity index (χ2v) is 14.9. The minimum absolute atomic E-state index is 0.0396. The van der Waals surface area contributed by atoms with Crippen molar-refractivity contribution >= 4 is 20.2 Å². The van der Waals surface area contributed by atoms with Crippen LogP contribution in [0.3, 0.4) is 0 Å². The minimum Gasteiger partial charge on any atom is -0.493 e. The lowest BCUT2D eigenvalue weighted by molar-refractivity contribution is 0.279. The summed E-state index contributed by atoms with van der Waals surface area (Å²) in [6.45, 7) is 4.44. The molecule has 0 aromatic heterocycles. The van der Waals surface area contributed by atoms with Crippen LogP contribution in [-0.2, 0) is 33.3 Å². The number of nitrogens with one attached hydrogen (secondary N) is 2. The van der Waals surface area contributed by atoms with Gasteiger partial charge in [0.1, 0.15) is 9.79 Å². The quantitative estimate of drug-likeness (QED) is 0.151. The summed E-state index contributed by atoms with van der Waals surface area (Å²) >= 11 is 0. The Morgan fingerprint density at radius 2 is 0.958 bits per heavy atom. The second kappa shape index (κ2) is 15.4. The summed E-state index contributed by atoms with van der Waals surface area (Å²) in [5.41, 5.74) is 3.15. The van der Waals surface area contributed by atoms with Crippen LogP contribution in [0, 0.1) is 13.8 Å². The van der Waals surface area contributed by atoms with Gasteiger partial charge < -0.3 is 28.5 Å². The van der Waals surface area contributed by atoms with E-state index in [-0.39, 0.29) is 33.4 Å². The largest absolute Gasteiger partial charge is 0.493 e. The van der Waals surface area contributed by atoms with E-state index < -0.39 is 20.2 Å². The molecule has 1 aliphatic rings. The topological polar surface area (TPSA) is 129 Å². The van der Waals surface area contributed by atoms with Gasteiger partial charge in [-0.3, -0.25) is 0 Å². The Bertz CT molecular complexity index is 1770. The smallest absolute Gasteiger partial charge is 0.339 e. The van der Waals surface area contributed by atoms with Crippen molar-refractivity contribution in [1.29, 1.82) is 0 Å². The number of methoxy groups -OCH3 is 2. The van der Waals surface area contributed by atoms with Gasteiger partial charge in [-0.15, -0.1) is 0 Å². The molecular weight excluding hydrogens is 653 g/mol. The molecule has 1 aliphatic carbocycles. The van der Waals surface area contributed by atoms with Crippen molar-refractivity contribution in [3.05, 3.63) is 107 Å². The van der Waals surface area contributed by atoms with Crippen LogP contribution >= 0.6 is 0 Å². The Hall–Kier alpha value is -4.10. The predicted molar refractivity (Wildman–Crippen MR) is 184 cm³/mol. The third-order valence-corrected chi connectivity index (χ3v) is 10.9. The molecule has 0 bridgehead atoms. The maximum atomic E-state index is 13.2. The van der Waals surface area contributed by atoms with Crippen LogP contribution in [0.25, 0.3) is 0 Å². The van der Waals surface area contributed by atoms with Crippen molar-refractivity contribution < 1.29 is 34.7 Å². The molecule has 2 N–H and O–H groups in total. The average Bonchev–Trinajstić information content (AvgIpc) is 3.07. The molecule has 0 heterocycles. The van der Waals surface area contributed by atoms with E-state index in [0.717, 1.165) is 36.8 Å². The van der Waals surface area contributed by atoms with Gasteiger partial charge in [-0.05, 0) is 63.1 Å². The van der Waals surface area contributed by atoms with E-state index in [2.05, 4.69) is 10.6 Å². The fourth-order valence-electron chi connectivity index (χ4n) is 5.74. The van der Waals surface area contributed by atoms with Crippen LogP contribution in [0.2, 0.25) is 0 Å². The molecule has 0 saturated heterocycles. The highest BCUT2D eigenvalue weighted by atomic mass is 32.2. The first-order valence-corrected chi connectivity index (χ1v) is 18.6. The Labute approximate surface area is 283 Å². The van der Waals surface area contributed by atoms with Gasteiger partial charge in [0.25, 0.3) is 0 Å². The molecule has 0 radical (unpaired) electrons. The maximum absolute atomic E-state index is 13.2. The summed E-state index contributed by atoms with van der Waals surface area (Å²) in [6.07, 6.45) is 3.84. The van der Waals surface area contributed by atoms with Crippen LogP contribution in [0.15, 0.2) is 94.7 Å². The summed E-state index contributed by atoms with van der Waals surface area (Å²) in [4.78, 5) is 0.115. The summed E-state index contributed by atoms with van der Waals surface area (Å²) in [5.74, 6) is 0.909. The van der Waals surface area contributed by atoms with Gasteiger partial charge in [-0.1, -0.05) is 72.5 Å². The van der Waals surface area contributed by atoms with Crippen molar-refractivity contribution in [2.24, 2.45) is 0 Å². The van der Waals surface area contributed by atoms with Crippen LogP contribution in [0.4, 0.5) is 0 Å². The van der Waals surface area contributed by atoms with Crippen molar-refractivity contribution in [2.75, 3.05) is 14.2 Å². The Kier molecular flexibility index (Phi) is 11.3. The molecule has 2 atom stereocenters. The van der Waals surface area contributed by atoms with Crippen molar-refractivity contribution in [2.45, 2.75) is 74.5 Å². The zero-order valence-electron chi connectivity index (χ0n) is 27.6. The monoisotopic (exact) mass is 694 g/mol. The standard InChI is InChI=1S/C36H42N2O8S2/c1-25-15-19-29(20-16-25)47(39,40)45-35-27(9-7-13-33(35)43-3)23-37-31-11-5-6-12-32(31)38-24-28-10-8-14-34(44-4)36(28)46-48(41,42)30-21-17-26(2)18-22-30/h7-10,13-22,31-32,37-38H,5-6,11-12,23-24H2,1-4H3. The second-order valence-electron chi connectivity index (χ2n) is 11.9. The van der Waals surface area contributed by atoms with Crippen molar-refractivity contribution in [3.8, 4) is 23.0 Å². The summed E-state index contributed by atoms with van der Waals surface area (Å²) in [6, 6.07) is 23.6. The number of hydrogen-bond donors (Lipinski definition) is 2. The van der Waals surface area contributed by atoms with Crippen LogP contribution in [0.5, 0.6) is 23.0 Å². The first-order valence-electron chi connectivity index (χ1n) is 15.8. The van der Waals surface area contributed by atoms with E-state index >= 15 is 0 Å². The van der Waals surface area contributed by atoms with Crippen LogP contribution in [-0.4, -0.2) is 43.1 Å².